The van der Waals surface area contributed by atoms with Crippen LogP contribution >= 0.6 is 0 Å². The van der Waals surface area contributed by atoms with Crippen LogP contribution in [0.4, 0.5) is 50.0 Å². The summed E-state index contributed by atoms with van der Waals surface area (Å²) < 4.78 is 132. The third-order valence-corrected chi connectivity index (χ3v) is 7.23. The van der Waals surface area contributed by atoms with E-state index in [2.05, 4.69) is 0 Å². The third-order valence-electron chi connectivity index (χ3n) is 7.23. The van der Waals surface area contributed by atoms with Crippen LogP contribution in [0.1, 0.15) is 60.6 Å². The molecule has 0 N–H and O–H groups in total. The number of amides is 2. The molecule has 2 aromatic carbocycles. The molecule has 15 heteroatoms. The molecule has 2 fully saturated rings. The fraction of sp³-hybridized carbons (Fsp3) is 0.481. The Morgan fingerprint density at radius 1 is 0.881 bits per heavy atom. The summed E-state index contributed by atoms with van der Waals surface area (Å²) in [6.07, 6.45) is -17.1. The Balaban J connectivity index is 1.74. The van der Waals surface area contributed by atoms with E-state index in [1.165, 1.54) is 18.7 Å². The minimum Gasteiger partial charge on any atom is -0.439 e. The number of hydrogen-bond donors (Lipinski definition) is 0. The van der Waals surface area contributed by atoms with E-state index < -0.39 is 77.5 Å². The van der Waals surface area contributed by atoms with Crippen LogP contribution in [-0.2, 0) is 39.3 Å². The zero-order chi connectivity index (χ0) is 31.2. The van der Waals surface area contributed by atoms with E-state index in [1.54, 1.807) is 0 Å². The van der Waals surface area contributed by atoms with Crippen LogP contribution in [-0.4, -0.2) is 42.2 Å². The van der Waals surface area contributed by atoms with Gasteiger partial charge in [-0.3, -0.25) is 9.69 Å². The number of hydrogen-bond acceptors (Lipinski definition) is 4. The number of nitrogens with zero attached hydrogens (tertiary/aromatic N) is 2. The molecule has 0 aromatic heterocycles. The lowest BCUT2D eigenvalue weighted by molar-refractivity contribution is -0.143. The number of carbonyl (C=O) groups is 2. The van der Waals surface area contributed by atoms with Crippen molar-refractivity contribution in [3.05, 3.63) is 64.2 Å². The Morgan fingerprint density at radius 3 is 1.93 bits per heavy atom. The summed E-state index contributed by atoms with van der Waals surface area (Å²) in [6, 6.07) is 1.82. The summed E-state index contributed by atoms with van der Waals surface area (Å²) >= 11 is 0. The highest BCUT2D eigenvalue weighted by Crippen LogP contribution is 2.42. The molecule has 2 aromatic rings. The molecule has 0 spiro atoms. The van der Waals surface area contributed by atoms with Gasteiger partial charge in [0.25, 0.3) is 0 Å². The van der Waals surface area contributed by atoms with Crippen molar-refractivity contribution in [2.45, 2.75) is 70.0 Å². The molecule has 2 saturated heterocycles. The Hall–Kier alpha value is -3.49. The molecule has 0 aliphatic carbocycles. The van der Waals surface area contributed by atoms with E-state index in [0.717, 1.165) is 23.1 Å². The number of anilines is 1. The van der Waals surface area contributed by atoms with Crippen LogP contribution in [0.5, 0.6) is 0 Å². The van der Waals surface area contributed by atoms with Gasteiger partial charge in [-0.1, -0.05) is 0 Å². The maximum Gasteiger partial charge on any atom is 0.416 e. The van der Waals surface area contributed by atoms with Crippen LogP contribution in [0.15, 0.2) is 36.4 Å². The first kappa shape index (κ1) is 31.4. The molecular weight excluding hydrogens is 587 g/mol. The lowest BCUT2D eigenvalue weighted by Gasteiger charge is -2.35. The third kappa shape index (κ3) is 6.60. The second kappa shape index (κ2) is 11.3. The summed E-state index contributed by atoms with van der Waals surface area (Å²) in [4.78, 5) is 27.8. The van der Waals surface area contributed by atoms with Gasteiger partial charge in [-0.15, -0.1) is 0 Å². The lowest BCUT2D eigenvalue weighted by Crippen LogP contribution is -2.43. The minimum atomic E-state index is -5.14. The Labute approximate surface area is 234 Å². The second-order valence-corrected chi connectivity index (χ2v) is 10.1. The molecule has 2 amide bonds. The fourth-order valence-electron chi connectivity index (χ4n) is 5.18. The summed E-state index contributed by atoms with van der Waals surface area (Å²) in [7, 11) is 0. The van der Waals surface area contributed by atoms with Crippen molar-refractivity contribution >= 4 is 17.7 Å². The van der Waals surface area contributed by atoms with E-state index in [1.807, 2.05) is 0 Å². The van der Waals surface area contributed by atoms with Crippen LogP contribution in [0.3, 0.4) is 0 Å². The van der Waals surface area contributed by atoms with E-state index in [-0.39, 0.29) is 17.3 Å². The average Bonchev–Trinajstić information content (AvgIpc) is 3.16. The van der Waals surface area contributed by atoms with Crippen molar-refractivity contribution in [3.63, 3.8) is 0 Å². The zero-order valence-corrected chi connectivity index (χ0v) is 22.2. The standard InChI is InChI=1S/C27H25F9N2O4/c1-14-23(16-9-19(26(31,32)33)12-20(10-16)27(34,35)36)42-24(40)37(14)13-17-11-18(25(28,29)30)3-4-22(17)38(15(2)39)21-5-7-41-8-6-21/h3-4,9-12,14,21,23H,5-8,13H2,1-2H3. The van der Waals surface area contributed by atoms with Gasteiger partial charge in [-0.05, 0) is 67.3 Å². The molecule has 2 aliphatic rings. The van der Waals surface area contributed by atoms with Gasteiger partial charge in [-0.25, -0.2) is 4.79 Å². The SMILES string of the molecule is CC(=O)N(c1ccc(C(F)(F)F)cc1CN1C(=O)OC(c2cc(C(F)(F)F)cc(C(F)(F)F)c2)C1C)C1CCOCC1. The van der Waals surface area contributed by atoms with Crippen LogP contribution in [0.2, 0.25) is 0 Å². The quantitative estimate of drug-likeness (QED) is 0.332. The molecule has 4 rings (SSSR count). The maximum absolute atomic E-state index is 13.6. The zero-order valence-electron chi connectivity index (χ0n) is 22.2. The summed E-state index contributed by atoms with van der Waals surface area (Å²) in [5.74, 6) is -0.485. The molecule has 6 nitrogen and oxygen atoms in total. The second-order valence-electron chi connectivity index (χ2n) is 10.1. The first-order chi connectivity index (χ1) is 19.4. The number of benzene rings is 2. The number of alkyl halides is 9. The van der Waals surface area contributed by atoms with Gasteiger partial charge in [0.15, 0.2) is 0 Å². The summed E-state index contributed by atoms with van der Waals surface area (Å²) in [6.45, 7) is 2.55. The molecule has 2 unspecified atom stereocenters. The molecular formula is C27H25F9N2O4. The van der Waals surface area contributed by atoms with Crippen molar-refractivity contribution < 1.29 is 58.6 Å². The number of cyclic esters (lactones) is 1. The average molecular weight is 612 g/mol. The summed E-state index contributed by atoms with van der Waals surface area (Å²) in [5.41, 5.74) is -4.93. The van der Waals surface area contributed by atoms with Gasteiger partial charge in [-0.2, -0.15) is 39.5 Å². The van der Waals surface area contributed by atoms with Gasteiger partial charge in [0, 0.05) is 31.9 Å². The molecule has 0 radical (unpaired) electrons. The van der Waals surface area contributed by atoms with E-state index in [0.29, 0.717) is 38.2 Å². The molecule has 2 heterocycles. The maximum atomic E-state index is 13.6. The normalized spacial score (nSPS) is 20.5. The molecule has 2 atom stereocenters. The first-order valence-electron chi connectivity index (χ1n) is 12.7. The fourth-order valence-corrected chi connectivity index (χ4v) is 5.18. The highest BCUT2D eigenvalue weighted by atomic mass is 19.4. The van der Waals surface area contributed by atoms with Gasteiger partial charge in [0.2, 0.25) is 5.91 Å². The van der Waals surface area contributed by atoms with Crippen molar-refractivity contribution in [1.29, 1.82) is 0 Å². The Bertz CT molecular complexity index is 1300. The lowest BCUT2D eigenvalue weighted by atomic mass is 9.97. The Morgan fingerprint density at radius 2 is 1.43 bits per heavy atom. The molecule has 2 aliphatic heterocycles. The smallest absolute Gasteiger partial charge is 0.416 e. The molecule has 42 heavy (non-hydrogen) atoms. The molecule has 0 saturated carbocycles. The van der Waals surface area contributed by atoms with E-state index in [9.17, 15) is 49.1 Å². The first-order valence-corrected chi connectivity index (χ1v) is 12.7. The number of ether oxygens (including phenoxy) is 2. The number of carbonyl (C=O) groups excluding carboxylic acids is 2. The van der Waals surface area contributed by atoms with Gasteiger partial charge >= 0.3 is 24.6 Å². The number of rotatable bonds is 5. The van der Waals surface area contributed by atoms with Crippen LogP contribution in [0.25, 0.3) is 0 Å². The van der Waals surface area contributed by atoms with Crippen molar-refractivity contribution in [2.24, 2.45) is 0 Å². The van der Waals surface area contributed by atoms with E-state index in [4.69, 9.17) is 9.47 Å². The van der Waals surface area contributed by atoms with E-state index >= 15 is 0 Å². The predicted octanol–water partition coefficient (Wildman–Crippen LogP) is 7.36. The largest absolute Gasteiger partial charge is 0.439 e. The van der Waals surface area contributed by atoms with Crippen molar-refractivity contribution in [1.82, 2.24) is 4.90 Å². The highest BCUT2D eigenvalue weighted by Gasteiger charge is 2.44. The van der Waals surface area contributed by atoms with Crippen molar-refractivity contribution in [2.75, 3.05) is 18.1 Å². The van der Waals surface area contributed by atoms with Gasteiger partial charge in [0.1, 0.15) is 6.10 Å². The monoisotopic (exact) mass is 612 g/mol. The van der Waals surface area contributed by atoms with Crippen LogP contribution < -0.4 is 4.90 Å². The van der Waals surface area contributed by atoms with Gasteiger partial charge < -0.3 is 14.4 Å². The highest BCUT2D eigenvalue weighted by molar-refractivity contribution is 5.93. The van der Waals surface area contributed by atoms with Crippen molar-refractivity contribution in [3.8, 4) is 0 Å². The topological polar surface area (TPSA) is 59.1 Å². The molecule has 230 valence electrons. The van der Waals surface area contributed by atoms with Gasteiger partial charge in [0.05, 0.1) is 29.3 Å². The van der Waals surface area contributed by atoms with Crippen LogP contribution in [0, 0.1) is 0 Å². The Kier molecular flexibility index (Phi) is 8.46. The number of halogens is 9. The minimum absolute atomic E-state index is 0.0652. The summed E-state index contributed by atoms with van der Waals surface area (Å²) in [5, 5.41) is 0. The predicted molar refractivity (Wildman–Crippen MR) is 129 cm³/mol. The molecule has 0 bridgehead atoms.